The molecule has 0 aliphatic heterocycles. The number of rotatable bonds is 45. The van der Waals surface area contributed by atoms with Crippen LogP contribution in [0.25, 0.3) is 0 Å². The molecule has 0 fully saturated rings. The summed E-state index contributed by atoms with van der Waals surface area (Å²) in [5, 5.41) is 0. The van der Waals surface area contributed by atoms with E-state index in [1.807, 2.05) is 0 Å². The molecule has 0 aliphatic rings. The summed E-state index contributed by atoms with van der Waals surface area (Å²) in [7, 11) is 0. The Morgan fingerprint density at radius 2 is 0.672 bits per heavy atom. The lowest BCUT2D eigenvalue weighted by molar-refractivity contribution is -0.167. The lowest BCUT2D eigenvalue weighted by atomic mass is 10.1. The molecule has 0 saturated heterocycles. The second-order valence-corrected chi connectivity index (χ2v) is 16.7. The van der Waals surface area contributed by atoms with E-state index in [-0.39, 0.29) is 31.1 Å². The summed E-state index contributed by atoms with van der Waals surface area (Å²) in [6.45, 7) is 6.51. The standard InChI is InChI=1S/C52H94O6/c1-4-7-10-13-16-19-22-24-25-26-27-28-31-33-36-39-42-45-51(54)57-48-49(47-56-50(53)44-41-38-35-32-29-21-18-15-12-9-6-3)58-52(55)46-43-40-37-34-30-23-20-17-14-11-8-5-2/h8,11,17,20,24-25,49H,4-7,9-10,12-16,18-19,21-23,26-48H2,1-3H3/b11-8-,20-17-,25-24-. The third-order valence-corrected chi connectivity index (χ3v) is 10.9. The van der Waals surface area contributed by atoms with Crippen LogP contribution in [0.1, 0.15) is 258 Å². The Hall–Kier alpha value is -2.37. The number of hydrogen-bond donors (Lipinski definition) is 0. The number of ether oxygens (including phenoxy) is 3. The highest BCUT2D eigenvalue weighted by molar-refractivity contribution is 5.71. The third-order valence-electron chi connectivity index (χ3n) is 10.9. The van der Waals surface area contributed by atoms with Gasteiger partial charge in [-0.25, -0.2) is 0 Å². The first-order valence-corrected chi connectivity index (χ1v) is 25.0. The van der Waals surface area contributed by atoms with Crippen molar-refractivity contribution in [3.8, 4) is 0 Å². The summed E-state index contributed by atoms with van der Waals surface area (Å²) in [5.41, 5.74) is 0. The summed E-state index contributed by atoms with van der Waals surface area (Å²) in [6.07, 6.45) is 54.1. The molecule has 338 valence electrons. The molecule has 6 heteroatoms. The van der Waals surface area contributed by atoms with Crippen molar-refractivity contribution in [2.75, 3.05) is 13.2 Å². The van der Waals surface area contributed by atoms with Gasteiger partial charge in [0.25, 0.3) is 0 Å². The van der Waals surface area contributed by atoms with Crippen LogP contribution in [-0.4, -0.2) is 37.2 Å². The van der Waals surface area contributed by atoms with Gasteiger partial charge in [-0.3, -0.25) is 14.4 Å². The van der Waals surface area contributed by atoms with Crippen molar-refractivity contribution >= 4 is 17.9 Å². The SMILES string of the molecule is CC/C=C\C/C=C\CCCCCCCC(=O)OC(COC(=O)CCCCCCCCC/C=C\CCCCCCCC)COC(=O)CCCCCCCCCCCCC. The number of esters is 3. The van der Waals surface area contributed by atoms with Crippen molar-refractivity contribution in [2.24, 2.45) is 0 Å². The quantitative estimate of drug-likeness (QED) is 0.0264. The van der Waals surface area contributed by atoms with E-state index in [0.717, 1.165) is 89.9 Å². The van der Waals surface area contributed by atoms with Crippen molar-refractivity contribution < 1.29 is 28.6 Å². The molecule has 0 rings (SSSR count). The number of hydrogen-bond acceptors (Lipinski definition) is 6. The Labute approximate surface area is 359 Å². The average Bonchev–Trinajstić information content (AvgIpc) is 3.22. The van der Waals surface area contributed by atoms with Gasteiger partial charge >= 0.3 is 17.9 Å². The van der Waals surface area contributed by atoms with E-state index >= 15 is 0 Å². The Morgan fingerprint density at radius 3 is 1.05 bits per heavy atom. The second-order valence-electron chi connectivity index (χ2n) is 16.7. The molecule has 58 heavy (non-hydrogen) atoms. The van der Waals surface area contributed by atoms with Gasteiger partial charge in [-0.2, -0.15) is 0 Å². The van der Waals surface area contributed by atoms with Gasteiger partial charge in [0, 0.05) is 19.3 Å². The van der Waals surface area contributed by atoms with Crippen LogP contribution in [0.4, 0.5) is 0 Å². The van der Waals surface area contributed by atoms with Crippen LogP contribution >= 0.6 is 0 Å². The van der Waals surface area contributed by atoms with E-state index in [1.54, 1.807) is 0 Å². The predicted molar refractivity (Wildman–Crippen MR) is 247 cm³/mol. The summed E-state index contributed by atoms with van der Waals surface area (Å²) in [4.78, 5) is 37.8. The molecule has 0 aromatic carbocycles. The monoisotopic (exact) mass is 815 g/mol. The molecule has 0 heterocycles. The highest BCUT2D eigenvalue weighted by Crippen LogP contribution is 2.15. The second kappa shape index (κ2) is 47.3. The van der Waals surface area contributed by atoms with Crippen LogP contribution < -0.4 is 0 Å². The first kappa shape index (κ1) is 55.6. The molecule has 0 radical (unpaired) electrons. The number of allylic oxidation sites excluding steroid dienone is 6. The van der Waals surface area contributed by atoms with Gasteiger partial charge in [0.05, 0.1) is 0 Å². The van der Waals surface area contributed by atoms with E-state index < -0.39 is 6.10 Å². The molecular weight excluding hydrogens is 721 g/mol. The molecule has 0 saturated carbocycles. The Morgan fingerprint density at radius 1 is 0.362 bits per heavy atom. The van der Waals surface area contributed by atoms with Crippen molar-refractivity contribution in [3.63, 3.8) is 0 Å². The Kier molecular flexibility index (Phi) is 45.4. The lowest BCUT2D eigenvalue weighted by Crippen LogP contribution is -2.30. The minimum absolute atomic E-state index is 0.0768. The van der Waals surface area contributed by atoms with E-state index in [1.165, 1.54) is 128 Å². The van der Waals surface area contributed by atoms with E-state index in [2.05, 4.69) is 57.2 Å². The van der Waals surface area contributed by atoms with Gasteiger partial charge in [-0.15, -0.1) is 0 Å². The number of carbonyl (C=O) groups excluding carboxylic acids is 3. The molecule has 0 aliphatic carbocycles. The average molecular weight is 815 g/mol. The van der Waals surface area contributed by atoms with Crippen molar-refractivity contribution in [1.29, 1.82) is 0 Å². The van der Waals surface area contributed by atoms with E-state index in [0.29, 0.717) is 19.3 Å². The van der Waals surface area contributed by atoms with E-state index in [9.17, 15) is 14.4 Å². The molecular formula is C52H94O6. The van der Waals surface area contributed by atoms with Crippen LogP contribution in [0, 0.1) is 0 Å². The molecule has 6 nitrogen and oxygen atoms in total. The number of unbranched alkanes of at least 4 members (excludes halogenated alkanes) is 28. The summed E-state index contributed by atoms with van der Waals surface area (Å²) in [6, 6.07) is 0. The largest absolute Gasteiger partial charge is 0.462 e. The smallest absolute Gasteiger partial charge is 0.306 e. The van der Waals surface area contributed by atoms with Gasteiger partial charge in [0.15, 0.2) is 6.10 Å². The van der Waals surface area contributed by atoms with Gasteiger partial charge in [0.1, 0.15) is 13.2 Å². The van der Waals surface area contributed by atoms with Gasteiger partial charge in [-0.05, 0) is 70.6 Å². The maximum absolute atomic E-state index is 12.7. The zero-order valence-corrected chi connectivity index (χ0v) is 38.6. The molecule has 1 atom stereocenters. The van der Waals surface area contributed by atoms with E-state index in [4.69, 9.17) is 14.2 Å². The van der Waals surface area contributed by atoms with Gasteiger partial charge in [-0.1, -0.05) is 205 Å². The van der Waals surface area contributed by atoms with Gasteiger partial charge in [0.2, 0.25) is 0 Å². The van der Waals surface area contributed by atoms with Gasteiger partial charge < -0.3 is 14.2 Å². The zero-order valence-electron chi connectivity index (χ0n) is 38.6. The topological polar surface area (TPSA) is 78.9 Å². The fraction of sp³-hybridized carbons (Fsp3) is 0.827. The lowest BCUT2D eigenvalue weighted by Gasteiger charge is -2.18. The fourth-order valence-corrected chi connectivity index (χ4v) is 7.12. The van der Waals surface area contributed by atoms with Crippen LogP contribution in [0.2, 0.25) is 0 Å². The van der Waals surface area contributed by atoms with Crippen LogP contribution in [-0.2, 0) is 28.6 Å². The van der Waals surface area contributed by atoms with Crippen LogP contribution in [0.3, 0.4) is 0 Å². The zero-order chi connectivity index (χ0) is 42.3. The first-order chi connectivity index (χ1) is 28.5. The normalized spacial score (nSPS) is 12.3. The maximum Gasteiger partial charge on any atom is 0.306 e. The summed E-state index contributed by atoms with van der Waals surface area (Å²) < 4.78 is 16.7. The molecule has 0 N–H and O–H groups in total. The molecule has 0 aromatic rings. The molecule has 0 aromatic heterocycles. The van der Waals surface area contributed by atoms with Crippen molar-refractivity contribution in [1.82, 2.24) is 0 Å². The highest BCUT2D eigenvalue weighted by Gasteiger charge is 2.19. The predicted octanol–water partition coefficient (Wildman–Crippen LogP) is 16.1. The third kappa shape index (κ3) is 44.7. The molecule has 0 bridgehead atoms. The van der Waals surface area contributed by atoms with Crippen LogP contribution in [0.5, 0.6) is 0 Å². The van der Waals surface area contributed by atoms with Crippen LogP contribution in [0.15, 0.2) is 36.5 Å². The van der Waals surface area contributed by atoms with Crippen molar-refractivity contribution in [3.05, 3.63) is 36.5 Å². The first-order valence-electron chi connectivity index (χ1n) is 25.0. The highest BCUT2D eigenvalue weighted by atomic mass is 16.6. The molecule has 1 unspecified atom stereocenters. The Bertz CT molecular complexity index is 984. The minimum atomic E-state index is -0.776. The molecule has 0 amide bonds. The van der Waals surface area contributed by atoms with Crippen molar-refractivity contribution in [2.45, 2.75) is 264 Å². The summed E-state index contributed by atoms with van der Waals surface area (Å²) in [5.74, 6) is -0.890. The Balaban J connectivity index is 4.33. The summed E-state index contributed by atoms with van der Waals surface area (Å²) >= 11 is 0. The number of carbonyl (C=O) groups is 3. The minimum Gasteiger partial charge on any atom is -0.462 e. The molecule has 0 spiro atoms. The fourth-order valence-electron chi connectivity index (χ4n) is 7.12. The maximum atomic E-state index is 12.7.